The van der Waals surface area contributed by atoms with Gasteiger partial charge in [-0.25, -0.2) is 9.97 Å². The molecule has 0 unspecified atom stereocenters. The van der Waals surface area contributed by atoms with Gasteiger partial charge < -0.3 is 0 Å². The standard InChI is InChI=1S/C48H35N3S/c1-28-16-5-7-18-32(28)34-24-15-25-36(30(34)3)45-44-39-23-12-14-27-41(39)52-47(44)50-48(49-45)51-40-26-13-11-22-38(40)43-37-21-10-9-20-35(37)31(4)42(46(43)51)33-19-8-6-17-29(33)2/h5-27H,1-4H3. The first-order valence-corrected chi connectivity index (χ1v) is 18.7. The molecule has 0 spiro atoms. The van der Waals surface area contributed by atoms with E-state index in [0.29, 0.717) is 5.95 Å². The Bertz CT molecular complexity index is 3070. The van der Waals surface area contributed by atoms with Gasteiger partial charge in [-0.2, -0.15) is 0 Å². The summed E-state index contributed by atoms with van der Waals surface area (Å²) < 4.78 is 3.56. The van der Waals surface area contributed by atoms with Crippen LogP contribution in [0.15, 0.2) is 140 Å². The zero-order valence-electron chi connectivity index (χ0n) is 29.5. The number of hydrogen-bond donors (Lipinski definition) is 0. The lowest BCUT2D eigenvalue weighted by atomic mass is 9.89. The quantitative estimate of drug-likeness (QED) is 0.185. The van der Waals surface area contributed by atoms with E-state index in [1.807, 2.05) is 0 Å². The van der Waals surface area contributed by atoms with Crippen molar-refractivity contribution in [2.75, 3.05) is 0 Å². The molecule has 10 aromatic rings. The molecule has 3 aromatic heterocycles. The van der Waals surface area contributed by atoms with Crippen LogP contribution in [-0.4, -0.2) is 14.5 Å². The van der Waals surface area contributed by atoms with Crippen LogP contribution in [-0.2, 0) is 0 Å². The summed E-state index contributed by atoms with van der Waals surface area (Å²) in [5.74, 6) is 0.686. The van der Waals surface area contributed by atoms with Crippen LogP contribution in [0, 0.1) is 27.7 Å². The van der Waals surface area contributed by atoms with Gasteiger partial charge in [-0.1, -0.05) is 127 Å². The lowest BCUT2D eigenvalue weighted by Crippen LogP contribution is -2.05. The summed E-state index contributed by atoms with van der Waals surface area (Å²) in [6, 6.07) is 50.3. The molecule has 3 heterocycles. The Morgan fingerprint density at radius 2 is 1.06 bits per heavy atom. The summed E-state index contributed by atoms with van der Waals surface area (Å²) in [6.07, 6.45) is 0. The third kappa shape index (κ3) is 4.44. The Morgan fingerprint density at radius 1 is 0.462 bits per heavy atom. The predicted molar refractivity (Wildman–Crippen MR) is 222 cm³/mol. The maximum absolute atomic E-state index is 5.68. The van der Waals surface area contributed by atoms with Crippen molar-refractivity contribution in [3.8, 4) is 39.5 Å². The summed E-state index contributed by atoms with van der Waals surface area (Å²) >= 11 is 1.75. The Labute approximate surface area is 306 Å². The zero-order valence-corrected chi connectivity index (χ0v) is 30.3. The fourth-order valence-corrected chi connectivity index (χ4v) is 9.52. The molecule has 10 rings (SSSR count). The third-order valence-corrected chi connectivity index (χ3v) is 12.0. The van der Waals surface area contributed by atoms with Crippen LogP contribution in [0.4, 0.5) is 0 Å². The highest BCUT2D eigenvalue weighted by molar-refractivity contribution is 7.25. The van der Waals surface area contributed by atoms with Crippen molar-refractivity contribution in [1.29, 1.82) is 0 Å². The molecule has 7 aromatic carbocycles. The molecule has 0 bridgehead atoms. The fourth-order valence-electron chi connectivity index (χ4n) is 8.45. The monoisotopic (exact) mass is 685 g/mol. The molecule has 0 aliphatic rings. The van der Waals surface area contributed by atoms with Crippen molar-refractivity contribution < 1.29 is 0 Å². The van der Waals surface area contributed by atoms with Gasteiger partial charge in [-0.3, -0.25) is 4.57 Å². The second-order valence-electron chi connectivity index (χ2n) is 13.9. The summed E-state index contributed by atoms with van der Waals surface area (Å²) in [4.78, 5) is 12.2. The van der Waals surface area contributed by atoms with Gasteiger partial charge in [-0.05, 0) is 89.5 Å². The Balaban J connectivity index is 1.39. The van der Waals surface area contributed by atoms with Gasteiger partial charge in [0.25, 0.3) is 0 Å². The van der Waals surface area contributed by atoms with Gasteiger partial charge in [0, 0.05) is 37.4 Å². The van der Waals surface area contributed by atoms with Gasteiger partial charge in [-0.15, -0.1) is 11.3 Å². The normalized spacial score (nSPS) is 11.8. The van der Waals surface area contributed by atoms with Gasteiger partial charge in [0.2, 0.25) is 5.95 Å². The molecule has 4 heteroatoms. The molecule has 0 aliphatic carbocycles. The maximum Gasteiger partial charge on any atom is 0.236 e. The Hall–Kier alpha value is -6.10. The Morgan fingerprint density at radius 3 is 1.83 bits per heavy atom. The molecule has 0 aliphatic heterocycles. The molecule has 248 valence electrons. The number of para-hydroxylation sites is 1. The van der Waals surface area contributed by atoms with Crippen LogP contribution >= 0.6 is 11.3 Å². The molecule has 0 fully saturated rings. The second kappa shape index (κ2) is 11.7. The van der Waals surface area contributed by atoms with E-state index in [9.17, 15) is 0 Å². The average molecular weight is 686 g/mol. The van der Waals surface area contributed by atoms with E-state index >= 15 is 0 Å². The van der Waals surface area contributed by atoms with Crippen molar-refractivity contribution in [2.45, 2.75) is 27.7 Å². The second-order valence-corrected chi connectivity index (χ2v) is 14.9. The molecular formula is C48H35N3S. The third-order valence-electron chi connectivity index (χ3n) is 11.0. The van der Waals surface area contributed by atoms with Crippen molar-refractivity contribution in [2.24, 2.45) is 0 Å². The van der Waals surface area contributed by atoms with E-state index in [1.165, 1.54) is 76.1 Å². The summed E-state index contributed by atoms with van der Waals surface area (Å²) in [5, 5.41) is 7.23. The maximum atomic E-state index is 5.68. The van der Waals surface area contributed by atoms with Crippen LogP contribution in [0.1, 0.15) is 22.3 Å². The number of hydrogen-bond acceptors (Lipinski definition) is 3. The van der Waals surface area contributed by atoms with E-state index < -0.39 is 0 Å². The number of thiophene rings is 1. The van der Waals surface area contributed by atoms with E-state index in [0.717, 1.165) is 32.5 Å². The van der Waals surface area contributed by atoms with Gasteiger partial charge >= 0.3 is 0 Å². The minimum absolute atomic E-state index is 0.686. The minimum atomic E-state index is 0.686. The smallest absolute Gasteiger partial charge is 0.236 e. The molecular weight excluding hydrogens is 651 g/mol. The molecule has 0 amide bonds. The topological polar surface area (TPSA) is 30.7 Å². The van der Waals surface area contributed by atoms with Gasteiger partial charge in [0.15, 0.2) is 0 Å². The number of fused-ring (bicyclic) bond motifs is 8. The first-order chi connectivity index (χ1) is 25.5. The minimum Gasteiger partial charge on any atom is -0.277 e. The van der Waals surface area contributed by atoms with E-state index in [-0.39, 0.29) is 0 Å². The number of rotatable bonds is 4. The fraction of sp³-hybridized carbons (Fsp3) is 0.0833. The van der Waals surface area contributed by atoms with Crippen molar-refractivity contribution in [3.05, 3.63) is 162 Å². The highest BCUT2D eigenvalue weighted by Crippen LogP contribution is 2.47. The number of aromatic nitrogens is 3. The molecule has 0 saturated heterocycles. The molecule has 0 radical (unpaired) electrons. The summed E-state index contributed by atoms with van der Waals surface area (Å²) in [7, 11) is 0. The first kappa shape index (κ1) is 30.7. The van der Waals surface area contributed by atoms with E-state index in [4.69, 9.17) is 9.97 Å². The highest BCUT2D eigenvalue weighted by Gasteiger charge is 2.26. The van der Waals surface area contributed by atoms with Crippen LogP contribution in [0.2, 0.25) is 0 Å². The Kier molecular flexibility index (Phi) is 6.92. The number of aryl methyl sites for hydroxylation is 3. The van der Waals surface area contributed by atoms with E-state index in [2.05, 4.69) is 172 Å². The number of nitrogens with zero attached hydrogens (tertiary/aromatic N) is 3. The van der Waals surface area contributed by atoms with Crippen molar-refractivity contribution in [1.82, 2.24) is 14.5 Å². The van der Waals surface area contributed by atoms with Crippen molar-refractivity contribution in [3.63, 3.8) is 0 Å². The largest absolute Gasteiger partial charge is 0.277 e. The van der Waals surface area contributed by atoms with E-state index in [1.54, 1.807) is 11.3 Å². The lowest BCUT2D eigenvalue weighted by Gasteiger charge is -2.18. The van der Waals surface area contributed by atoms with Gasteiger partial charge in [0.1, 0.15) is 4.83 Å². The molecule has 3 nitrogen and oxygen atoms in total. The average Bonchev–Trinajstić information content (AvgIpc) is 3.72. The molecule has 0 N–H and O–H groups in total. The van der Waals surface area contributed by atoms with Gasteiger partial charge in [0.05, 0.1) is 16.7 Å². The van der Waals surface area contributed by atoms with Crippen LogP contribution in [0.5, 0.6) is 0 Å². The van der Waals surface area contributed by atoms with Crippen LogP contribution in [0.3, 0.4) is 0 Å². The summed E-state index contributed by atoms with van der Waals surface area (Å²) in [5.41, 5.74) is 14.2. The highest BCUT2D eigenvalue weighted by atomic mass is 32.1. The molecule has 0 saturated carbocycles. The molecule has 0 atom stereocenters. The predicted octanol–water partition coefficient (Wildman–Crippen LogP) is 13.3. The first-order valence-electron chi connectivity index (χ1n) is 17.9. The lowest BCUT2D eigenvalue weighted by molar-refractivity contribution is 1.02. The molecule has 52 heavy (non-hydrogen) atoms. The number of benzene rings is 7. The van der Waals surface area contributed by atoms with Crippen LogP contribution < -0.4 is 0 Å². The summed E-state index contributed by atoms with van der Waals surface area (Å²) in [6.45, 7) is 8.92. The zero-order chi connectivity index (χ0) is 35.1. The van der Waals surface area contributed by atoms with Crippen molar-refractivity contribution >= 4 is 64.2 Å². The van der Waals surface area contributed by atoms with Crippen LogP contribution in [0.25, 0.3) is 92.3 Å². The SMILES string of the molecule is Cc1ccccc1-c1cccc(-c2nc(-n3c4ccccc4c4c5ccccc5c(C)c(-c5ccccc5C)c43)nc3sc4ccccc4c23)c1C.